The molecule has 1 aromatic carbocycles. The maximum atomic E-state index is 13.1. The molecular weight excluding hydrogens is 354 g/mol. The van der Waals surface area contributed by atoms with Crippen LogP contribution in [0.1, 0.15) is 47.8 Å². The number of H-pyrrole nitrogens is 2. The van der Waals surface area contributed by atoms with Crippen LogP contribution >= 0.6 is 0 Å². The number of carbonyl (C=O) groups excluding carboxylic acids is 1. The highest BCUT2D eigenvalue weighted by atomic mass is 16.1. The highest BCUT2D eigenvalue weighted by molar-refractivity contribution is 6.01. The standard InChI is InChI=1S/C20H23N7O/c1-2-3-15-17(20(28)23-13-6-8-22-9-7-13)18(27-26-15)19-24-14-5-4-12(11-21)10-16(14)25-19/h4-5,10,13,22H,2-3,6-9H2,1H3,(H,23,28)(H,24,25)(H,26,27). The molecule has 144 valence electrons. The summed E-state index contributed by atoms with van der Waals surface area (Å²) >= 11 is 0. The van der Waals surface area contributed by atoms with E-state index in [1.807, 2.05) is 0 Å². The van der Waals surface area contributed by atoms with Crippen molar-refractivity contribution in [2.24, 2.45) is 0 Å². The summed E-state index contributed by atoms with van der Waals surface area (Å²) in [5.74, 6) is 0.413. The SMILES string of the molecule is CCCc1[nH]nc(-c2nc3ccc(C#N)cc3[nH]2)c1C(=O)NC1CCNCC1. The molecule has 28 heavy (non-hydrogen) atoms. The molecule has 1 aliphatic rings. The topological polar surface area (TPSA) is 122 Å². The van der Waals surface area contributed by atoms with Crippen molar-refractivity contribution < 1.29 is 4.79 Å². The molecule has 3 aromatic rings. The van der Waals surface area contributed by atoms with Gasteiger partial charge in [-0.15, -0.1) is 0 Å². The molecular formula is C20H23N7O. The molecule has 0 radical (unpaired) electrons. The van der Waals surface area contributed by atoms with Gasteiger partial charge in [0, 0.05) is 11.7 Å². The lowest BCUT2D eigenvalue weighted by Crippen LogP contribution is -2.43. The summed E-state index contributed by atoms with van der Waals surface area (Å²) in [5, 5.41) is 23.0. The zero-order valence-electron chi connectivity index (χ0n) is 15.8. The average Bonchev–Trinajstić information content (AvgIpc) is 3.32. The third-order valence-corrected chi connectivity index (χ3v) is 5.08. The molecule has 3 heterocycles. The number of nitrogens with one attached hydrogen (secondary N) is 4. The minimum Gasteiger partial charge on any atom is -0.349 e. The van der Waals surface area contributed by atoms with Gasteiger partial charge in [0.1, 0.15) is 5.69 Å². The number of nitriles is 1. The maximum Gasteiger partial charge on any atom is 0.255 e. The minimum atomic E-state index is -0.114. The van der Waals surface area contributed by atoms with Crippen molar-refractivity contribution in [3.8, 4) is 17.6 Å². The highest BCUT2D eigenvalue weighted by Crippen LogP contribution is 2.26. The Labute approximate surface area is 162 Å². The van der Waals surface area contributed by atoms with E-state index in [1.165, 1.54) is 0 Å². The first-order chi connectivity index (χ1) is 13.7. The van der Waals surface area contributed by atoms with E-state index in [9.17, 15) is 4.79 Å². The van der Waals surface area contributed by atoms with Gasteiger partial charge in [-0.25, -0.2) is 4.98 Å². The summed E-state index contributed by atoms with van der Waals surface area (Å²) < 4.78 is 0. The van der Waals surface area contributed by atoms with Crippen LogP contribution < -0.4 is 10.6 Å². The zero-order valence-corrected chi connectivity index (χ0v) is 15.8. The quantitative estimate of drug-likeness (QED) is 0.543. The number of aromatic amines is 2. The summed E-state index contributed by atoms with van der Waals surface area (Å²) in [7, 11) is 0. The van der Waals surface area contributed by atoms with Gasteiger partial charge in [-0.2, -0.15) is 10.4 Å². The van der Waals surface area contributed by atoms with Crippen LogP contribution in [0.2, 0.25) is 0 Å². The number of carbonyl (C=O) groups is 1. The molecule has 1 fully saturated rings. The molecule has 0 saturated carbocycles. The van der Waals surface area contributed by atoms with Gasteiger partial charge in [0.05, 0.1) is 28.2 Å². The first-order valence-electron chi connectivity index (χ1n) is 9.68. The lowest BCUT2D eigenvalue weighted by molar-refractivity contribution is 0.0929. The molecule has 8 heteroatoms. The van der Waals surface area contributed by atoms with Gasteiger partial charge in [0.2, 0.25) is 0 Å². The van der Waals surface area contributed by atoms with E-state index >= 15 is 0 Å². The first kappa shape index (κ1) is 18.2. The smallest absolute Gasteiger partial charge is 0.255 e. The van der Waals surface area contributed by atoms with E-state index < -0.39 is 0 Å². The third-order valence-electron chi connectivity index (χ3n) is 5.08. The number of hydrogen-bond donors (Lipinski definition) is 4. The van der Waals surface area contributed by atoms with Crippen LogP contribution in [0.15, 0.2) is 18.2 Å². The number of aryl methyl sites for hydroxylation is 1. The number of fused-ring (bicyclic) bond motifs is 1. The predicted molar refractivity (Wildman–Crippen MR) is 106 cm³/mol. The number of imidazole rings is 1. The Morgan fingerprint density at radius 3 is 2.93 bits per heavy atom. The van der Waals surface area contributed by atoms with E-state index in [4.69, 9.17) is 5.26 Å². The van der Waals surface area contributed by atoms with Gasteiger partial charge < -0.3 is 15.6 Å². The normalized spacial score (nSPS) is 14.9. The molecule has 8 nitrogen and oxygen atoms in total. The van der Waals surface area contributed by atoms with Gasteiger partial charge in [-0.1, -0.05) is 13.3 Å². The summed E-state index contributed by atoms with van der Waals surface area (Å²) in [6, 6.07) is 7.56. The van der Waals surface area contributed by atoms with Crippen molar-refractivity contribution in [3.05, 3.63) is 35.0 Å². The van der Waals surface area contributed by atoms with E-state index in [0.717, 1.165) is 55.5 Å². The summed E-state index contributed by atoms with van der Waals surface area (Å²) in [6.45, 7) is 3.89. The number of amides is 1. The lowest BCUT2D eigenvalue weighted by atomic mass is 10.0. The summed E-state index contributed by atoms with van der Waals surface area (Å²) in [5.41, 5.74) is 3.93. The van der Waals surface area contributed by atoms with Crippen LogP contribution in [0.25, 0.3) is 22.6 Å². The fourth-order valence-corrected chi connectivity index (χ4v) is 3.64. The lowest BCUT2D eigenvalue weighted by Gasteiger charge is -2.23. The minimum absolute atomic E-state index is 0.114. The van der Waals surface area contributed by atoms with Crippen molar-refractivity contribution in [2.45, 2.75) is 38.6 Å². The monoisotopic (exact) mass is 377 g/mol. The van der Waals surface area contributed by atoms with E-state index in [2.05, 4.69) is 43.8 Å². The Kier molecular flexibility index (Phi) is 5.08. The van der Waals surface area contributed by atoms with Gasteiger partial charge >= 0.3 is 0 Å². The molecule has 4 rings (SSSR count). The van der Waals surface area contributed by atoms with Crippen molar-refractivity contribution in [1.82, 2.24) is 30.8 Å². The van der Waals surface area contributed by atoms with Gasteiger partial charge in [0.25, 0.3) is 5.91 Å². The van der Waals surface area contributed by atoms with Gasteiger partial charge in [-0.3, -0.25) is 9.89 Å². The van der Waals surface area contributed by atoms with Crippen LogP contribution in [0.3, 0.4) is 0 Å². The van der Waals surface area contributed by atoms with Crippen LogP contribution in [0, 0.1) is 11.3 Å². The van der Waals surface area contributed by atoms with Crippen LogP contribution in [-0.4, -0.2) is 45.2 Å². The van der Waals surface area contributed by atoms with Crippen LogP contribution in [0.4, 0.5) is 0 Å². The average molecular weight is 377 g/mol. The molecule has 2 aromatic heterocycles. The van der Waals surface area contributed by atoms with Crippen molar-refractivity contribution in [2.75, 3.05) is 13.1 Å². The zero-order chi connectivity index (χ0) is 19.5. The van der Waals surface area contributed by atoms with Crippen molar-refractivity contribution in [3.63, 3.8) is 0 Å². The summed E-state index contributed by atoms with van der Waals surface area (Å²) in [4.78, 5) is 20.9. The first-order valence-corrected chi connectivity index (χ1v) is 9.68. The molecule has 4 N–H and O–H groups in total. The number of nitrogens with zero attached hydrogens (tertiary/aromatic N) is 3. The Balaban J connectivity index is 1.70. The Morgan fingerprint density at radius 2 is 2.18 bits per heavy atom. The number of hydrogen-bond acceptors (Lipinski definition) is 5. The predicted octanol–water partition coefficient (Wildman–Crippen LogP) is 2.26. The molecule has 0 aliphatic carbocycles. The molecule has 1 saturated heterocycles. The van der Waals surface area contributed by atoms with Crippen molar-refractivity contribution >= 4 is 16.9 Å². The number of aromatic nitrogens is 4. The number of rotatable bonds is 5. The largest absolute Gasteiger partial charge is 0.349 e. The molecule has 1 amide bonds. The molecule has 1 aliphatic heterocycles. The maximum absolute atomic E-state index is 13.1. The molecule has 0 unspecified atom stereocenters. The van der Waals surface area contributed by atoms with Gasteiger partial charge in [-0.05, 0) is 50.6 Å². The second-order valence-corrected chi connectivity index (χ2v) is 7.10. The Morgan fingerprint density at radius 1 is 1.36 bits per heavy atom. The van der Waals surface area contributed by atoms with E-state index in [1.54, 1.807) is 18.2 Å². The number of piperidine rings is 1. The summed E-state index contributed by atoms with van der Waals surface area (Å²) in [6.07, 6.45) is 3.48. The second kappa shape index (κ2) is 7.82. The fourth-order valence-electron chi connectivity index (χ4n) is 3.64. The fraction of sp³-hybridized carbons (Fsp3) is 0.400. The Hall–Kier alpha value is -3.18. The van der Waals surface area contributed by atoms with Crippen molar-refractivity contribution in [1.29, 1.82) is 5.26 Å². The number of benzene rings is 1. The van der Waals surface area contributed by atoms with Gasteiger partial charge in [0.15, 0.2) is 5.82 Å². The van der Waals surface area contributed by atoms with E-state index in [0.29, 0.717) is 22.6 Å². The Bertz CT molecular complexity index is 1040. The third kappa shape index (κ3) is 3.49. The molecule has 0 atom stereocenters. The highest BCUT2D eigenvalue weighted by Gasteiger charge is 2.25. The van der Waals surface area contributed by atoms with Crippen LogP contribution in [-0.2, 0) is 6.42 Å². The molecule has 0 spiro atoms. The molecule has 0 bridgehead atoms. The second-order valence-electron chi connectivity index (χ2n) is 7.10. The van der Waals surface area contributed by atoms with E-state index in [-0.39, 0.29) is 11.9 Å². The van der Waals surface area contributed by atoms with Crippen LogP contribution in [0.5, 0.6) is 0 Å².